The summed E-state index contributed by atoms with van der Waals surface area (Å²) in [6.45, 7) is 3.02. The molecule has 3 nitrogen and oxygen atoms in total. The molecular weight excluding hydrogens is 254 g/mol. The minimum Gasteiger partial charge on any atom is -0.343 e. The Morgan fingerprint density at radius 1 is 1.47 bits per heavy atom. The third-order valence-corrected chi connectivity index (χ3v) is 3.10. The normalized spacial score (nSPS) is 11.5. The van der Waals surface area contributed by atoms with Gasteiger partial charge in [0.2, 0.25) is 0 Å². The topological polar surface area (TPSA) is 31.9 Å². The third-order valence-electron chi connectivity index (χ3n) is 2.43. The molecule has 0 unspecified atom stereocenters. The first kappa shape index (κ1) is 10.6. The van der Waals surface area contributed by atoms with E-state index < -0.39 is 0 Å². The molecule has 0 saturated heterocycles. The second-order valence-electron chi connectivity index (χ2n) is 3.98. The maximum absolute atomic E-state index is 4.33. The van der Waals surface area contributed by atoms with Crippen LogP contribution in [0.15, 0.2) is 16.7 Å². The van der Waals surface area contributed by atoms with Crippen LogP contribution >= 0.6 is 15.9 Å². The van der Waals surface area contributed by atoms with Crippen molar-refractivity contribution in [2.24, 2.45) is 0 Å². The largest absolute Gasteiger partial charge is 0.343 e. The van der Waals surface area contributed by atoms with Crippen LogP contribution in [0.1, 0.15) is 11.3 Å². The molecule has 0 fully saturated rings. The lowest BCUT2D eigenvalue weighted by Gasteiger charge is -2.09. The van der Waals surface area contributed by atoms with Crippen LogP contribution in [-0.4, -0.2) is 29.0 Å². The second kappa shape index (κ2) is 3.94. The van der Waals surface area contributed by atoms with E-state index in [1.54, 1.807) is 0 Å². The Balaban J connectivity index is 2.65. The number of pyridine rings is 1. The first-order valence-corrected chi connectivity index (χ1v) is 5.65. The molecule has 1 N–H and O–H groups in total. The van der Waals surface area contributed by atoms with Crippen molar-refractivity contribution in [3.8, 4) is 0 Å². The van der Waals surface area contributed by atoms with Gasteiger partial charge in [-0.1, -0.05) is 0 Å². The molecule has 2 heterocycles. The molecule has 0 atom stereocenters. The lowest BCUT2D eigenvalue weighted by atomic mass is 10.1. The van der Waals surface area contributed by atoms with Crippen LogP contribution in [0.3, 0.4) is 0 Å². The van der Waals surface area contributed by atoms with Gasteiger partial charge in [0.25, 0.3) is 0 Å². The summed E-state index contributed by atoms with van der Waals surface area (Å²) in [5.74, 6) is 0. The molecule has 0 aromatic carbocycles. The Hall–Kier alpha value is -0.870. The smallest absolute Gasteiger partial charge is 0.138 e. The molecule has 2 aromatic heterocycles. The molecule has 80 valence electrons. The lowest BCUT2D eigenvalue weighted by molar-refractivity contribution is 0.403. The SMILES string of the molecule is Cc1[nH]c2nccc(Br)c2c1CN(C)C. The molecule has 0 spiro atoms. The predicted molar refractivity (Wildman–Crippen MR) is 65.9 cm³/mol. The second-order valence-corrected chi connectivity index (χ2v) is 4.84. The van der Waals surface area contributed by atoms with Gasteiger partial charge in [-0.2, -0.15) is 0 Å². The van der Waals surface area contributed by atoms with E-state index in [0.717, 1.165) is 16.7 Å². The molecule has 0 aliphatic carbocycles. The quantitative estimate of drug-likeness (QED) is 0.908. The highest BCUT2D eigenvalue weighted by Gasteiger charge is 2.12. The molecule has 4 heteroatoms. The van der Waals surface area contributed by atoms with Crippen molar-refractivity contribution >= 4 is 27.0 Å². The zero-order valence-corrected chi connectivity index (χ0v) is 10.7. The fourth-order valence-electron chi connectivity index (χ4n) is 1.77. The number of hydrogen-bond acceptors (Lipinski definition) is 2. The van der Waals surface area contributed by atoms with Crippen molar-refractivity contribution < 1.29 is 0 Å². The molecule has 15 heavy (non-hydrogen) atoms. The summed E-state index contributed by atoms with van der Waals surface area (Å²) in [7, 11) is 4.14. The molecule has 0 bridgehead atoms. The van der Waals surface area contributed by atoms with E-state index in [-0.39, 0.29) is 0 Å². The molecule has 0 aliphatic rings. The highest BCUT2D eigenvalue weighted by Crippen LogP contribution is 2.28. The maximum atomic E-state index is 4.33. The number of hydrogen-bond donors (Lipinski definition) is 1. The van der Waals surface area contributed by atoms with Crippen LogP contribution < -0.4 is 0 Å². The lowest BCUT2D eigenvalue weighted by Crippen LogP contribution is -2.11. The number of nitrogens with one attached hydrogen (secondary N) is 1. The van der Waals surface area contributed by atoms with Gasteiger partial charge in [0.05, 0.1) is 0 Å². The summed E-state index contributed by atoms with van der Waals surface area (Å²) in [4.78, 5) is 9.79. The van der Waals surface area contributed by atoms with Gasteiger partial charge in [0.15, 0.2) is 0 Å². The number of aryl methyl sites for hydroxylation is 1. The van der Waals surface area contributed by atoms with Crippen molar-refractivity contribution in [3.05, 3.63) is 28.0 Å². The van der Waals surface area contributed by atoms with E-state index in [2.05, 4.69) is 51.8 Å². The monoisotopic (exact) mass is 267 g/mol. The minimum atomic E-state index is 0.927. The third kappa shape index (κ3) is 1.92. The molecule has 2 rings (SSSR count). The Bertz CT molecular complexity index is 488. The summed E-state index contributed by atoms with van der Waals surface area (Å²) in [6, 6.07) is 1.98. The summed E-state index contributed by atoms with van der Waals surface area (Å²) < 4.78 is 1.11. The highest BCUT2D eigenvalue weighted by atomic mass is 79.9. The Morgan fingerprint density at radius 3 is 2.87 bits per heavy atom. The first-order valence-electron chi connectivity index (χ1n) is 4.86. The van der Waals surface area contributed by atoms with Gasteiger partial charge in [-0.15, -0.1) is 0 Å². The average molecular weight is 268 g/mol. The highest BCUT2D eigenvalue weighted by molar-refractivity contribution is 9.10. The maximum Gasteiger partial charge on any atom is 0.138 e. The van der Waals surface area contributed by atoms with Crippen LogP contribution in [0.2, 0.25) is 0 Å². The Kier molecular flexibility index (Phi) is 2.80. The summed E-state index contributed by atoms with van der Waals surface area (Å²) in [5, 5.41) is 1.20. The van der Waals surface area contributed by atoms with E-state index in [1.807, 2.05) is 12.3 Å². The van der Waals surface area contributed by atoms with E-state index in [1.165, 1.54) is 16.6 Å². The fraction of sp³-hybridized carbons (Fsp3) is 0.364. The van der Waals surface area contributed by atoms with Crippen LogP contribution in [0, 0.1) is 6.92 Å². The van der Waals surface area contributed by atoms with Crippen molar-refractivity contribution in [2.45, 2.75) is 13.5 Å². The van der Waals surface area contributed by atoms with Crippen molar-refractivity contribution in [2.75, 3.05) is 14.1 Å². The molecular formula is C11H14BrN3. The average Bonchev–Trinajstić information content (AvgIpc) is 2.43. The number of nitrogens with zero attached hydrogens (tertiary/aromatic N) is 2. The van der Waals surface area contributed by atoms with Gasteiger partial charge >= 0.3 is 0 Å². The van der Waals surface area contributed by atoms with Gasteiger partial charge < -0.3 is 9.88 Å². The predicted octanol–water partition coefficient (Wildman–Crippen LogP) is 2.70. The number of rotatable bonds is 2. The van der Waals surface area contributed by atoms with Crippen LogP contribution in [0.4, 0.5) is 0 Å². The molecule has 0 radical (unpaired) electrons. The summed E-state index contributed by atoms with van der Waals surface area (Å²) in [5.41, 5.74) is 3.46. The van der Waals surface area contributed by atoms with E-state index >= 15 is 0 Å². The van der Waals surface area contributed by atoms with Crippen LogP contribution in [-0.2, 0) is 6.54 Å². The number of halogens is 1. The fourth-order valence-corrected chi connectivity index (χ4v) is 2.32. The van der Waals surface area contributed by atoms with Gasteiger partial charge in [-0.25, -0.2) is 4.98 Å². The van der Waals surface area contributed by atoms with Crippen molar-refractivity contribution in [3.63, 3.8) is 0 Å². The number of H-pyrrole nitrogens is 1. The Morgan fingerprint density at radius 2 is 2.20 bits per heavy atom. The standard InChI is InChI=1S/C11H14BrN3/c1-7-8(6-15(2)3)10-9(12)4-5-13-11(10)14-7/h4-5H,6H2,1-3H3,(H,13,14). The molecule has 0 saturated carbocycles. The van der Waals surface area contributed by atoms with Crippen LogP contribution in [0.25, 0.3) is 11.0 Å². The van der Waals surface area contributed by atoms with Crippen molar-refractivity contribution in [1.29, 1.82) is 0 Å². The van der Waals surface area contributed by atoms with Crippen LogP contribution in [0.5, 0.6) is 0 Å². The van der Waals surface area contributed by atoms with Gasteiger partial charge in [-0.05, 0) is 48.6 Å². The number of aromatic nitrogens is 2. The van der Waals surface area contributed by atoms with Gasteiger partial charge in [0.1, 0.15) is 5.65 Å². The van der Waals surface area contributed by atoms with E-state index in [4.69, 9.17) is 0 Å². The van der Waals surface area contributed by atoms with E-state index in [0.29, 0.717) is 0 Å². The molecule has 0 amide bonds. The summed E-state index contributed by atoms with van der Waals surface area (Å²) in [6.07, 6.45) is 1.81. The first-order chi connectivity index (χ1) is 7.09. The van der Waals surface area contributed by atoms with Crippen molar-refractivity contribution in [1.82, 2.24) is 14.9 Å². The Labute approximate surface area is 97.6 Å². The molecule has 2 aromatic rings. The number of fused-ring (bicyclic) bond motifs is 1. The van der Waals surface area contributed by atoms with E-state index in [9.17, 15) is 0 Å². The van der Waals surface area contributed by atoms with Gasteiger partial charge in [0, 0.05) is 28.3 Å². The minimum absolute atomic E-state index is 0.927. The zero-order chi connectivity index (χ0) is 11.0. The zero-order valence-electron chi connectivity index (χ0n) is 9.13. The molecule has 0 aliphatic heterocycles. The summed E-state index contributed by atoms with van der Waals surface area (Å²) >= 11 is 3.57. The number of aromatic amines is 1. The van der Waals surface area contributed by atoms with Gasteiger partial charge in [-0.3, -0.25) is 0 Å².